The van der Waals surface area contributed by atoms with Gasteiger partial charge in [-0.25, -0.2) is 9.59 Å². The van der Waals surface area contributed by atoms with Crippen LogP contribution in [0.25, 0.3) is 0 Å². The molecule has 0 aliphatic carbocycles. The van der Waals surface area contributed by atoms with E-state index in [4.69, 9.17) is 0 Å². The number of alkyl carbamates (subject to hydrolysis) is 1. The number of carbonyl (C=O) groups is 3. The maximum absolute atomic E-state index is 13.0. The summed E-state index contributed by atoms with van der Waals surface area (Å²) in [5.41, 5.74) is 0. The molecule has 3 amide bonds. The first kappa shape index (κ1) is 18.4. The van der Waals surface area contributed by atoms with Gasteiger partial charge in [0, 0.05) is 13.1 Å². The van der Waals surface area contributed by atoms with Gasteiger partial charge in [-0.1, -0.05) is 13.8 Å². The third kappa shape index (κ3) is 3.73. The molecule has 2 heterocycles. The van der Waals surface area contributed by atoms with E-state index in [1.807, 2.05) is 13.8 Å². The minimum absolute atomic E-state index is 0.0861. The van der Waals surface area contributed by atoms with Crippen LogP contribution >= 0.6 is 0 Å². The van der Waals surface area contributed by atoms with Gasteiger partial charge in [0.15, 0.2) is 0 Å². The van der Waals surface area contributed by atoms with E-state index in [9.17, 15) is 19.5 Å². The molecule has 3 atom stereocenters. The molecule has 8 nitrogen and oxygen atoms in total. The van der Waals surface area contributed by atoms with Crippen LogP contribution in [-0.2, 0) is 9.53 Å². The van der Waals surface area contributed by atoms with E-state index in [0.717, 1.165) is 25.7 Å². The van der Waals surface area contributed by atoms with Gasteiger partial charge in [-0.3, -0.25) is 4.79 Å². The Kier molecular flexibility index (Phi) is 5.90. The summed E-state index contributed by atoms with van der Waals surface area (Å²) in [6.45, 7) is 4.84. The van der Waals surface area contributed by atoms with Crippen LogP contribution in [0.3, 0.4) is 0 Å². The first-order valence-electron chi connectivity index (χ1n) is 8.51. The second-order valence-corrected chi connectivity index (χ2v) is 6.78. The lowest BCUT2D eigenvalue weighted by atomic mass is 9.99. The standard InChI is InChI=1S/C16H27N3O5/c1-10(2)13(17-15(21)24-3)14(20)18-8-4-6-11(18)12-7-5-9-19(12)16(22)23/h10-13H,4-9H2,1-3H3,(H,17,21)(H,22,23)/t11-,12?,13-/m0/s1. The molecular weight excluding hydrogens is 314 g/mol. The average Bonchev–Trinajstić information content (AvgIpc) is 3.18. The van der Waals surface area contributed by atoms with Crippen molar-refractivity contribution >= 4 is 18.1 Å². The van der Waals surface area contributed by atoms with Crippen LogP contribution in [0, 0.1) is 5.92 Å². The van der Waals surface area contributed by atoms with Crippen LogP contribution in [0.15, 0.2) is 0 Å². The smallest absolute Gasteiger partial charge is 0.407 e. The van der Waals surface area contributed by atoms with Crippen LogP contribution < -0.4 is 5.32 Å². The Labute approximate surface area is 142 Å². The number of likely N-dealkylation sites (tertiary alicyclic amines) is 2. The summed E-state index contributed by atoms with van der Waals surface area (Å²) in [5.74, 6) is -0.243. The molecular formula is C16H27N3O5. The number of carboxylic acid groups (broad SMARTS) is 1. The van der Waals surface area contributed by atoms with E-state index < -0.39 is 18.2 Å². The Morgan fingerprint density at radius 3 is 2.12 bits per heavy atom. The van der Waals surface area contributed by atoms with Crippen molar-refractivity contribution in [2.75, 3.05) is 20.2 Å². The summed E-state index contributed by atoms with van der Waals surface area (Å²) in [6, 6.07) is -0.936. The van der Waals surface area contributed by atoms with Gasteiger partial charge in [-0.2, -0.15) is 0 Å². The minimum Gasteiger partial charge on any atom is -0.465 e. The van der Waals surface area contributed by atoms with Gasteiger partial charge >= 0.3 is 12.2 Å². The Morgan fingerprint density at radius 1 is 1.08 bits per heavy atom. The number of hydrogen-bond acceptors (Lipinski definition) is 4. The summed E-state index contributed by atoms with van der Waals surface area (Å²) < 4.78 is 4.61. The molecule has 2 saturated heterocycles. The number of hydrogen-bond donors (Lipinski definition) is 2. The van der Waals surface area contributed by atoms with E-state index in [1.54, 1.807) is 4.90 Å². The number of amides is 3. The Hall–Kier alpha value is -1.99. The normalized spacial score (nSPS) is 25.0. The zero-order chi connectivity index (χ0) is 17.9. The molecule has 2 N–H and O–H groups in total. The van der Waals surface area contributed by atoms with Crippen LogP contribution in [0.5, 0.6) is 0 Å². The van der Waals surface area contributed by atoms with Crippen molar-refractivity contribution in [2.45, 2.75) is 57.7 Å². The first-order valence-corrected chi connectivity index (χ1v) is 8.51. The third-order valence-corrected chi connectivity index (χ3v) is 4.96. The van der Waals surface area contributed by atoms with Crippen molar-refractivity contribution in [1.82, 2.24) is 15.1 Å². The van der Waals surface area contributed by atoms with Crippen molar-refractivity contribution in [2.24, 2.45) is 5.92 Å². The SMILES string of the molecule is COC(=O)N[C@H](C(=O)N1CCC[C@H]1C1CCCN1C(=O)O)C(C)C. The number of carbonyl (C=O) groups excluding carboxylic acids is 2. The number of rotatable bonds is 4. The summed E-state index contributed by atoms with van der Waals surface area (Å²) in [7, 11) is 1.26. The Morgan fingerprint density at radius 2 is 1.62 bits per heavy atom. The monoisotopic (exact) mass is 341 g/mol. The fraction of sp³-hybridized carbons (Fsp3) is 0.812. The maximum atomic E-state index is 13.0. The van der Waals surface area contributed by atoms with Crippen molar-refractivity contribution in [1.29, 1.82) is 0 Å². The summed E-state index contributed by atoms with van der Waals surface area (Å²) in [5, 5.41) is 12.0. The Balaban J connectivity index is 2.14. The highest BCUT2D eigenvalue weighted by atomic mass is 16.5. The zero-order valence-corrected chi connectivity index (χ0v) is 14.5. The summed E-state index contributed by atoms with van der Waals surface area (Å²) >= 11 is 0. The van der Waals surface area contributed by atoms with Crippen LogP contribution in [0.1, 0.15) is 39.5 Å². The fourth-order valence-electron chi connectivity index (χ4n) is 3.77. The van der Waals surface area contributed by atoms with Crippen LogP contribution in [-0.4, -0.2) is 71.3 Å². The van der Waals surface area contributed by atoms with Gasteiger partial charge < -0.3 is 25.0 Å². The third-order valence-electron chi connectivity index (χ3n) is 4.96. The van der Waals surface area contributed by atoms with E-state index in [2.05, 4.69) is 10.1 Å². The summed E-state index contributed by atoms with van der Waals surface area (Å²) in [6.07, 6.45) is 1.68. The number of nitrogens with zero attached hydrogens (tertiary/aromatic N) is 2. The number of ether oxygens (including phenoxy) is 1. The number of methoxy groups -OCH3 is 1. The molecule has 0 aromatic carbocycles. The van der Waals surface area contributed by atoms with Crippen LogP contribution in [0.2, 0.25) is 0 Å². The van der Waals surface area contributed by atoms with Gasteiger partial charge in [0.1, 0.15) is 6.04 Å². The second-order valence-electron chi connectivity index (χ2n) is 6.78. The van der Waals surface area contributed by atoms with Crippen molar-refractivity contribution < 1.29 is 24.2 Å². The first-order chi connectivity index (χ1) is 11.4. The quantitative estimate of drug-likeness (QED) is 0.807. The molecule has 2 aliphatic rings. The largest absolute Gasteiger partial charge is 0.465 e. The van der Waals surface area contributed by atoms with E-state index in [-0.39, 0.29) is 23.9 Å². The molecule has 0 radical (unpaired) electrons. The molecule has 24 heavy (non-hydrogen) atoms. The van der Waals surface area contributed by atoms with Gasteiger partial charge in [-0.05, 0) is 31.6 Å². The molecule has 136 valence electrons. The van der Waals surface area contributed by atoms with Gasteiger partial charge in [-0.15, -0.1) is 0 Å². The molecule has 0 bridgehead atoms. The molecule has 2 aliphatic heterocycles. The predicted molar refractivity (Wildman–Crippen MR) is 86.7 cm³/mol. The minimum atomic E-state index is -0.926. The molecule has 1 unspecified atom stereocenters. The van der Waals surface area contributed by atoms with Gasteiger partial charge in [0.2, 0.25) is 5.91 Å². The highest BCUT2D eigenvalue weighted by Gasteiger charge is 2.43. The Bertz CT molecular complexity index is 496. The van der Waals surface area contributed by atoms with E-state index in [0.29, 0.717) is 13.1 Å². The highest BCUT2D eigenvalue weighted by molar-refractivity contribution is 5.86. The van der Waals surface area contributed by atoms with E-state index >= 15 is 0 Å². The fourth-order valence-corrected chi connectivity index (χ4v) is 3.77. The topological polar surface area (TPSA) is 99.2 Å². The lowest BCUT2D eigenvalue weighted by Gasteiger charge is -2.36. The molecule has 8 heteroatoms. The van der Waals surface area contributed by atoms with Crippen LogP contribution in [0.4, 0.5) is 9.59 Å². The number of nitrogens with one attached hydrogen (secondary N) is 1. The van der Waals surface area contributed by atoms with Crippen molar-refractivity contribution in [3.8, 4) is 0 Å². The highest BCUT2D eigenvalue weighted by Crippen LogP contribution is 2.31. The second kappa shape index (κ2) is 7.72. The molecule has 0 spiro atoms. The molecule has 2 rings (SSSR count). The van der Waals surface area contributed by atoms with Crippen molar-refractivity contribution in [3.63, 3.8) is 0 Å². The molecule has 0 aromatic rings. The maximum Gasteiger partial charge on any atom is 0.407 e. The van der Waals surface area contributed by atoms with Gasteiger partial charge in [0.25, 0.3) is 0 Å². The lowest BCUT2D eigenvalue weighted by Crippen LogP contribution is -2.56. The van der Waals surface area contributed by atoms with Crippen molar-refractivity contribution in [3.05, 3.63) is 0 Å². The summed E-state index contributed by atoms with van der Waals surface area (Å²) in [4.78, 5) is 39.1. The predicted octanol–water partition coefficient (Wildman–Crippen LogP) is 1.50. The lowest BCUT2D eigenvalue weighted by molar-refractivity contribution is -0.136. The van der Waals surface area contributed by atoms with Gasteiger partial charge in [0.05, 0.1) is 19.2 Å². The molecule has 0 saturated carbocycles. The molecule has 0 aromatic heterocycles. The zero-order valence-electron chi connectivity index (χ0n) is 14.5. The molecule has 2 fully saturated rings. The van der Waals surface area contributed by atoms with E-state index in [1.165, 1.54) is 12.0 Å². The average molecular weight is 341 g/mol.